The summed E-state index contributed by atoms with van der Waals surface area (Å²) in [6.45, 7) is 6.69. The van der Waals surface area contributed by atoms with Gasteiger partial charge in [-0.2, -0.15) is 0 Å². The Morgan fingerprint density at radius 3 is 2.30 bits per heavy atom. The molecule has 0 heterocycles. The number of unbranched alkanes of at least 4 members (excludes halogenated alkanes) is 1. The Morgan fingerprint density at radius 2 is 1.67 bits per heavy atom. The zero-order chi connectivity index (χ0) is 20.9. The van der Waals surface area contributed by atoms with Gasteiger partial charge >= 0.3 is 0 Å². The van der Waals surface area contributed by atoms with Crippen molar-refractivity contribution in [2.24, 2.45) is 4.99 Å². The maximum atomic E-state index is 12.0. The van der Waals surface area contributed by atoms with Gasteiger partial charge in [-0.05, 0) is 43.2 Å². The van der Waals surface area contributed by atoms with Gasteiger partial charge in [0.15, 0.2) is 5.96 Å². The number of halogens is 1. The molecule has 2 aromatic rings. The molecule has 0 fully saturated rings. The summed E-state index contributed by atoms with van der Waals surface area (Å²) in [5.41, 5.74) is 2.97. The normalized spacial score (nSPS) is 10.7. The number of hydrogen-bond acceptors (Lipinski definition) is 3. The number of ether oxygens (including phenoxy) is 1. The molecule has 0 bridgehead atoms. The number of benzene rings is 2. The van der Waals surface area contributed by atoms with E-state index in [0.717, 1.165) is 24.2 Å². The summed E-state index contributed by atoms with van der Waals surface area (Å²) in [6, 6.07) is 15.6. The number of carbonyl (C=O) groups is 1. The first kappa shape index (κ1) is 25.7. The van der Waals surface area contributed by atoms with Crippen molar-refractivity contribution in [2.45, 2.75) is 33.2 Å². The number of rotatable bonds is 10. The third-order valence-corrected chi connectivity index (χ3v) is 4.40. The van der Waals surface area contributed by atoms with E-state index in [2.05, 4.69) is 34.8 Å². The van der Waals surface area contributed by atoms with Crippen molar-refractivity contribution in [1.29, 1.82) is 0 Å². The van der Waals surface area contributed by atoms with Gasteiger partial charge in [-0.15, -0.1) is 24.0 Å². The number of nitrogens with zero attached hydrogens (tertiary/aromatic N) is 1. The number of nitrogens with one attached hydrogen (secondary N) is 3. The second kappa shape index (κ2) is 14.7. The first-order valence-electron chi connectivity index (χ1n) is 10.1. The summed E-state index contributed by atoms with van der Waals surface area (Å²) < 4.78 is 5.71. The maximum Gasteiger partial charge on any atom is 0.251 e. The van der Waals surface area contributed by atoms with Crippen LogP contribution in [0.15, 0.2) is 53.5 Å². The topological polar surface area (TPSA) is 74.8 Å². The van der Waals surface area contributed by atoms with Crippen LogP contribution in [-0.2, 0) is 6.54 Å². The Hall–Kier alpha value is -2.29. The molecule has 30 heavy (non-hydrogen) atoms. The van der Waals surface area contributed by atoms with Crippen LogP contribution in [0.3, 0.4) is 0 Å². The molecule has 3 N–H and O–H groups in total. The van der Waals surface area contributed by atoms with Crippen LogP contribution >= 0.6 is 24.0 Å². The number of amides is 1. The van der Waals surface area contributed by atoms with E-state index in [1.54, 1.807) is 7.05 Å². The fourth-order valence-corrected chi connectivity index (χ4v) is 2.63. The van der Waals surface area contributed by atoms with E-state index < -0.39 is 0 Å². The largest absolute Gasteiger partial charge is 0.492 e. The fraction of sp³-hybridized carbons (Fsp3) is 0.391. The van der Waals surface area contributed by atoms with Crippen LogP contribution in [0.25, 0.3) is 0 Å². The standard InChI is InChI=1S/C23H32N4O2.HI/c1-4-5-14-25-22(28)20-10-8-19(9-11-20)17-27-23(24-3)26-15-16-29-21-12-6-18(2)7-13-21;/h6-13H,4-5,14-17H2,1-3H3,(H,25,28)(H2,24,26,27);1H. The molecule has 6 nitrogen and oxygen atoms in total. The van der Waals surface area contributed by atoms with E-state index >= 15 is 0 Å². The minimum absolute atomic E-state index is 0. The highest BCUT2D eigenvalue weighted by molar-refractivity contribution is 14.0. The van der Waals surface area contributed by atoms with E-state index in [-0.39, 0.29) is 29.9 Å². The Kier molecular flexibility index (Phi) is 12.6. The van der Waals surface area contributed by atoms with Crippen LogP contribution in [0.1, 0.15) is 41.3 Å². The van der Waals surface area contributed by atoms with Crippen molar-refractivity contribution in [1.82, 2.24) is 16.0 Å². The van der Waals surface area contributed by atoms with Crippen molar-refractivity contribution in [2.75, 3.05) is 26.7 Å². The first-order chi connectivity index (χ1) is 14.1. The number of aryl methyl sites for hydroxylation is 1. The van der Waals surface area contributed by atoms with Gasteiger partial charge in [0.2, 0.25) is 0 Å². The van der Waals surface area contributed by atoms with E-state index in [0.29, 0.717) is 37.8 Å². The minimum atomic E-state index is -0.0241. The van der Waals surface area contributed by atoms with Crippen LogP contribution in [0.5, 0.6) is 5.75 Å². The fourth-order valence-electron chi connectivity index (χ4n) is 2.63. The van der Waals surface area contributed by atoms with Crippen molar-refractivity contribution < 1.29 is 9.53 Å². The van der Waals surface area contributed by atoms with Gasteiger partial charge in [-0.25, -0.2) is 0 Å². The Balaban J connectivity index is 0.00000450. The van der Waals surface area contributed by atoms with Crippen LogP contribution in [-0.4, -0.2) is 38.6 Å². The molecule has 164 valence electrons. The predicted molar refractivity (Wildman–Crippen MR) is 134 cm³/mol. The maximum absolute atomic E-state index is 12.0. The molecular weight excluding hydrogens is 491 g/mol. The third-order valence-electron chi connectivity index (χ3n) is 4.40. The summed E-state index contributed by atoms with van der Waals surface area (Å²) in [6.07, 6.45) is 2.06. The van der Waals surface area contributed by atoms with E-state index in [1.165, 1.54) is 5.56 Å². The molecule has 2 aromatic carbocycles. The van der Waals surface area contributed by atoms with Crippen molar-refractivity contribution in [3.8, 4) is 5.75 Å². The zero-order valence-electron chi connectivity index (χ0n) is 18.0. The van der Waals surface area contributed by atoms with Gasteiger partial charge in [0.25, 0.3) is 5.91 Å². The molecule has 0 aromatic heterocycles. The molecular formula is C23H33IN4O2. The van der Waals surface area contributed by atoms with E-state index in [9.17, 15) is 4.79 Å². The summed E-state index contributed by atoms with van der Waals surface area (Å²) in [7, 11) is 1.74. The lowest BCUT2D eigenvalue weighted by Gasteiger charge is -2.13. The highest BCUT2D eigenvalue weighted by Gasteiger charge is 2.05. The van der Waals surface area contributed by atoms with Gasteiger partial charge in [-0.1, -0.05) is 43.2 Å². The number of hydrogen-bond donors (Lipinski definition) is 3. The van der Waals surface area contributed by atoms with Crippen molar-refractivity contribution >= 4 is 35.8 Å². The van der Waals surface area contributed by atoms with Gasteiger partial charge in [0, 0.05) is 25.7 Å². The van der Waals surface area contributed by atoms with Crippen molar-refractivity contribution in [3.05, 3.63) is 65.2 Å². The monoisotopic (exact) mass is 524 g/mol. The second-order valence-electron chi connectivity index (χ2n) is 6.82. The molecule has 0 aliphatic rings. The highest BCUT2D eigenvalue weighted by Crippen LogP contribution is 2.10. The van der Waals surface area contributed by atoms with E-state index in [4.69, 9.17) is 4.74 Å². The van der Waals surface area contributed by atoms with Gasteiger partial charge in [-0.3, -0.25) is 9.79 Å². The van der Waals surface area contributed by atoms with Gasteiger partial charge < -0.3 is 20.7 Å². The third kappa shape index (κ3) is 9.47. The molecule has 0 spiro atoms. The Morgan fingerprint density at radius 1 is 0.967 bits per heavy atom. The molecule has 0 aliphatic carbocycles. The first-order valence-corrected chi connectivity index (χ1v) is 10.1. The molecule has 0 aliphatic heterocycles. The number of aliphatic imine (C=N–C) groups is 1. The number of carbonyl (C=O) groups excluding carboxylic acids is 1. The van der Waals surface area contributed by atoms with Crippen LogP contribution in [0.4, 0.5) is 0 Å². The molecule has 2 rings (SSSR count). The molecule has 0 atom stereocenters. The van der Waals surface area contributed by atoms with Crippen LogP contribution < -0.4 is 20.7 Å². The molecule has 0 saturated carbocycles. The lowest BCUT2D eigenvalue weighted by molar-refractivity contribution is 0.0953. The number of guanidine groups is 1. The summed E-state index contributed by atoms with van der Waals surface area (Å²) in [5, 5.41) is 9.42. The summed E-state index contributed by atoms with van der Waals surface area (Å²) in [4.78, 5) is 16.3. The molecule has 1 amide bonds. The zero-order valence-corrected chi connectivity index (χ0v) is 20.4. The predicted octanol–water partition coefficient (Wildman–Crippen LogP) is 3.89. The quantitative estimate of drug-likeness (QED) is 0.191. The molecule has 0 saturated heterocycles. The van der Waals surface area contributed by atoms with Crippen LogP contribution in [0.2, 0.25) is 0 Å². The highest BCUT2D eigenvalue weighted by atomic mass is 127. The van der Waals surface area contributed by atoms with E-state index in [1.807, 2.05) is 48.5 Å². The second-order valence-corrected chi connectivity index (χ2v) is 6.82. The Labute approximate surface area is 196 Å². The average Bonchev–Trinajstić information content (AvgIpc) is 2.75. The minimum Gasteiger partial charge on any atom is -0.492 e. The SMILES string of the molecule is CCCCNC(=O)c1ccc(CNC(=NC)NCCOc2ccc(C)cc2)cc1.I. The molecule has 7 heteroatoms. The average molecular weight is 524 g/mol. The molecule has 0 unspecified atom stereocenters. The lowest BCUT2D eigenvalue weighted by atomic mass is 10.1. The Bertz CT molecular complexity index is 777. The van der Waals surface area contributed by atoms with Gasteiger partial charge in [0.1, 0.15) is 12.4 Å². The lowest BCUT2D eigenvalue weighted by Crippen LogP contribution is -2.38. The molecule has 0 radical (unpaired) electrons. The summed E-state index contributed by atoms with van der Waals surface area (Å²) in [5.74, 6) is 1.54. The van der Waals surface area contributed by atoms with Crippen molar-refractivity contribution in [3.63, 3.8) is 0 Å². The summed E-state index contributed by atoms with van der Waals surface area (Å²) >= 11 is 0. The van der Waals surface area contributed by atoms with Gasteiger partial charge in [0.05, 0.1) is 6.54 Å². The van der Waals surface area contributed by atoms with Crippen LogP contribution in [0, 0.1) is 6.92 Å². The smallest absolute Gasteiger partial charge is 0.251 e.